The summed E-state index contributed by atoms with van der Waals surface area (Å²) in [6.45, 7) is 0. The van der Waals surface area contributed by atoms with Crippen molar-refractivity contribution < 1.29 is 14.3 Å². The van der Waals surface area contributed by atoms with Gasteiger partial charge in [-0.15, -0.1) is 0 Å². The van der Waals surface area contributed by atoms with E-state index in [1.165, 1.54) is 18.3 Å². The van der Waals surface area contributed by atoms with Crippen LogP contribution < -0.4 is 0 Å². The second kappa shape index (κ2) is 4.14. The summed E-state index contributed by atoms with van der Waals surface area (Å²) in [4.78, 5) is 17.2. The molecular formula is C11H9FN2O2. The number of aliphatic carboxylic acids is 1. The zero-order valence-corrected chi connectivity index (χ0v) is 8.27. The number of H-pyrrole nitrogens is 1. The van der Waals surface area contributed by atoms with Gasteiger partial charge in [0, 0.05) is 5.56 Å². The molecule has 1 heterocycles. The van der Waals surface area contributed by atoms with Crippen LogP contribution in [0.2, 0.25) is 0 Å². The van der Waals surface area contributed by atoms with E-state index in [9.17, 15) is 9.18 Å². The monoisotopic (exact) mass is 220 g/mol. The van der Waals surface area contributed by atoms with Crippen LogP contribution >= 0.6 is 0 Å². The maximum atomic E-state index is 12.9. The van der Waals surface area contributed by atoms with E-state index in [-0.39, 0.29) is 12.2 Å². The lowest BCUT2D eigenvalue weighted by atomic mass is 10.2. The summed E-state index contributed by atoms with van der Waals surface area (Å²) >= 11 is 0. The number of imidazole rings is 1. The Kier molecular flexibility index (Phi) is 2.68. The number of benzene rings is 1. The molecule has 4 nitrogen and oxygen atoms in total. The van der Waals surface area contributed by atoms with Crippen LogP contribution in [0.3, 0.4) is 0 Å². The van der Waals surface area contributed by atoms with Gasteiger partial charge in [-0.2, -0.15) is 0 Å². The fraction of sp³-hybridized carbons (Fsp3) is 0.0909. The molecule has 0 unspecified atom stereocenters. The Morgan fingerprint density at radius 1 is 1.50 bits per heavy atom. The van der Waals surface area contributed by atoms with Crippen molar-refractivity contribution >= 4 is 5.97 Å². The number of rotatable bonds is 3. The lowest BCUT2D eigenvalue weighted by Gasteiger charge is -1.96. The molecule has 5 heteroatoms. The second-order valence-electron chi connectivity index (χ2n) is 3.32. The summed E-state index contributed by atoms with van der Waals surface area (Å²) in [6, 6.07) is 6.01. The lowest BCUT2D eigenvalue weighted by molar-refractivity contribution is -0.136. The number of aromatic amines is 1. The average Bonchev–Trinajstić information content (AvgIpc) is 2.65. The third-order valence-corrected chi connectivity index (χ3v) is 2.08. The van der Waals surface area contributed by atoms with Gasteiger partial charge in [0.05, 0.1) is 11.9 Å². The van der Waals surface area contributed by atoms with Crippen molar-refractivity contribution in [1.82, 2.24) is 9.97 Å². The summed E-state index contributed by atoms with van der Waals surface area (Å²) in [5.74, 6) is -0.946. The van der Waals surface area contributed by atoms with Gasteiger partial charge in [-0.3, -0.25) is 4.79 Å². The highest BCUT2D eigenvalue weighted by Gasteiger charge is 2.06. The molecule has 0 radical (unpaired) electrons. The summed E-state index contributed by atoms with van der Waals surface area (Å²) < 4.78 is 12.9. The van der Waals surface area contributed by atoms with Crippen molar-refractivity contribution in [3.63, 3.8) is 0 Å². The van der Waals surface area contributed by atoms with Crippen LogP contribution in [0.15, 0.2) is 30.5 Å². The molecule has 0 fully saturated rings. The topological polar surface area (TPSA) is 66.0 Å². The molecular weight excluding hydrogens is 211 g/mol. The zero-order valence-electron chi connectivity index (χ0n) is 8.27. The van der Waals surface area contributed by atoms with Crippen molar-refractivity contribution in [1.29, 1.82) is 0 Å². The first-order valence-electron chi connectivity index (χ1n) is 4.67. The number of halogens is 1. The smallest absolute Gasteiger partial charge is 0.311 e. The largest absolute Gasteiger partial charge is 0.481 e. The molecule has 0 amide bonds. The number of hydrogen-bond donors (Lipinski definition) is 2. The molecule has 0 aliphatic rings. The Labute approximate surface area is 90.8 Å². The van der Waals surface area contributed by atoms with E-state index >= 15 is 0 Å². The molecule has 16 heavy (non-hydrogen) atoms. The maximum Gasteiger partial charge on any atom is 0.311 e. The first kappa shape index (κ1) is 10.4. The fourth-order valence-corrected chi connectivity index (χ4v) is 1.40. The van der Waals surface area contributed by atoms with E-state index in [4.69, 9.17) is 5.11 Å². The van der Waals surface area contributed by atoms with Crippen LogP contribution in [0, 0.1) is 5.82 Å². The highest BCUT2D eigenvalue weighted by atomic mass is 19.1. The number of nitrogens with zero attached hydrogens (tertiary/aromatic N) is 1. The molecule has 2 rings (SSSR count). The van der Waals surface area contributed by atoms with E-state index in [2.05, 4.69) is 9.97 Å². The number of carboxylic acids is 1. The minimum atomic E-state index is -0.958. The van der Waals surface area contributed by atoms with Gasteiger partial charge in [0.2, 0.25) is 0 Å². The van der Waals surface area contributed by atoms with Gasteiger partial charge >= 0.3 is 5.97 Å². The molecule has 0 aliphatic carbocycles. The Balaban J connectivity index is 2.28. The molecule has 2 N–H and O–H groups in total. The molecule has 0 bridgehead atoms. The first-order chi connectivity index (χ1) is 7.65. The number of nitrogens with one attached hydrogen (secondary N) is 1. The van der Waals surface area contributed by atoms with E-state index in [1.54, 1.807) is 12.1 Å². The molecule has 0 saturated carbocycles. The third-order valence-electron chi connectivity index (χ3n) is 2.08. The number of carbonyl (C=O) groups is 1. The van der Waals surface area contributed by atoms with Crippen LogP contribution in [0.1, 0.15) is 5.82 Å². The van der Waals surface area contributed by atoms with E-state index in [0.717, 1.165) is 0 Å². The number of hydrogen-bond acceptors (Lipinski definition) is 2. The Morgan fingerprint density at radius 3 is 3.00 bits per heavy atom. The van der Waals surface area contributed by atoms with Crippen LogP contribution in [0.25, 0.3) is 11.3 Å². The summed E-state index contributed by atoms with van der Waals surface area (Å²) in [5, 5.41) is 8.57. The maximum absolute atomic E-state index is 12.9. The zero-order chi connectivity index (χ0) is 11.5. The first-order valence-corrected chi connectivity index (χ1v) is 4.67. The lowest BCUT2D eigenvalue weighted by Crippen LogP contribution is -2.01. The van der Waals surface area contributed by atoms with Gasteiger partial charge in [-0.05, 0) is 12.1 Å². The van der Waals surface area contributed by atoms with Crippen molar-refractivity contribution in [2.24, 2.45) is 0 Å². The summed E-state index contributed by atoms with van der Waals surface area (Å²) in [6.07, 6.45) is 1.32. The molecule has 0 atom stereocenters. The predicted molar refractivity (Wildman–Crippen MR) is 55.3 cm³/mol. The number of carboxylic acid groups (broad SMARTS) is 1. The standard InChI is InChI=1S/C11H9FN2O2/c12-8-3-1-2-7(4-8)9-6-13-10(14-9)5-11(15)16/h1-4,6H,5H2,(H,13,14)(H,15,16). The molecule has 1 aromatic heterocycles. The van der Waals surface area contributed by atoms with Crippen molar-refractivity contribution in [2.75, 3.05) is 0 Å². The number of aromatic nitrogens is 2. The van der Waals surface area contributed by atoms with Crippen LogP contribution in [-0.2, 0) is 11.2 Å². The van der Waals surface area contributed by atoms with Crippen molar-refractivity contribution in [3.05, 3.63) is 42.1 Å². The normalized spacial score (nSPS) is 10.3. The van der Waals surface area contributed by atoms with E-state index in [0.29, 0.717) is 17.1 Å². The predicted octanol–water partition coefficient (Wildman–Crippen LogP) is 1.84. The van der Waals surface area contributed by atoms with Gasteiger partial charge in [-0.25, -0.2) is 9.37 Å². The molecule has 0 saturated heterocycles. The quantitative estimate of drug-likeness (QED) is 0.829. The van der Waals surface area contributed by atoms with Gasteiger partial charge in [0.25, 0.3) is 0 Å². The molecule has 0 spiro atoms. The summed E-state index contributed by atoms with van der Waals surface area (Å²) in [7, 11) is 0. The second-order valence-corrected chi connectivity index (χ2v) is 3.32. The highest BCUT2D eigenvalue weighted by molar-refractivity contribution is 5.69. The van der Waals surface area contributed by atoms with Gasteiger partial charge in [0.1, 0.15) is 18.1 Å². The Hall–Kier alpha value is -2.17. The molecule has 82 valence electrons. The van der Waals surface area contributed by atoms with E-state index < -0.39 is 5.97 Å². The SMILES string of the molecule is O=C(O)Cc1ncc(-c2cccc(F)c2)[nH]1. The Morgan fingerprint density at radius 2 is 2.31 bits per heavy atom. The highest BCUT2D eigenvalue weighted by Crippen LogP contribution is 2.17. The Bertz CT molecular complexity index is 522. The van der Waals surface area contributed by atoms with Gasteiger partial charge in [-0.1, -0.05) is 12.1 Å². The molecule has 2 aromatic rings. The van der Waals surface area contributed by atoms with E-state index in [1.807, 2.05) is 0 Å². The summed E-state index contributed by atoms with van der Waals surface area (Å²) in [5.41, 5.74) is 1.25. The van der Waals surface area contributed by atoms with Crippen LogP contribution in [0.5, 0.6) is 0 Å². The van der Waals surface area contributed by atoms with Gasteiger partial charge < -0.3 is 10.1 Å². The van der Waals surface area contributed by atoms with Crippen molar-refractivity contribution in [2.45, 2.75) is 6.42 Å². The minimum Gasteiger partial charge on any atom is -0.481 e. The van der Waals surface area contributed by atoms with Crippen LogP contribution in [0.4, 0.5) is 4.39 Å². The molecule has 1 aromatic carbocycles. The van der Waals surface area contributed by atoms with Gasteiger partial charge in [0.15, 0.2) is 0 Å². The van der Waals surface area contributed by atoms with Crippen LogP contribution in [-0.4, -0.2) is 21.0 Å². The fourth-order valence-electron chi connectivity index (χ4n) is 1.40. The molecule has 0 aliphatic heterocycles. The van der Waals surface area contributed by atoms with Crippen molar-refractivity contribution in [3.8, 4) is 11.3 Å². The minimum absolute atomic E-state index is 0.171. The average molecular weight is 220 g/mol. The third kappa shape index (κ3) is 2.25.